The van der Waals surface area contributed by atoms with Crippen LogP contribution in [0.1, 0.15) is 23.0 Å². The van der Waals surface area contributed by atoms with Crippen LogP contribution >= 0.6 is 0 Å². The number of ether oxygens (including phenoxy) is 1. The van der Waals surface area contributed by atoms with Crippen LogP contribution in [-0.4, -0.2) is 36.2 Å². The number of aryl methyl sites for hydroxylation is 1. The van der Waals surface area contributed by atoms with Gasteiger partial charge in [-0.05, 0) is 26.0 Å². The van der Waals surface area contributed by atoms with Gasteiger partial charge in [-0.15, -0.1) is 0 Å². The molecular formula is C12H14N4O4S. The summed E-state index contributed by atoms with van der Waals surface area (Å²) < 4.78 is 31.8. The summed E-state index contributed by atoms with van der Waals surface area (Å²) in [6.45, 7) is 3.43. The molecule has 2 rings (SSSR count). The van der Waals surface area contributed by atoms with Gasteiger partial charge in [-0.3, -0.25) is 14.8 Å². The van der Waals surface area contributed by atoms with Crippen LogP contribution in [0.2, 0.25) is 0 Å². The van der Waals surface area contributed by atoms with Gasteiger partial charge in [-0.1, -0.05) is 0 Å². The molecule has 0 saturated carbocycles. The van der Waals surface area contributed by atoms with Crippen molar-refractivity contribution >= 4 is 21.7 Å². The molecule has 8 nitrogen and oxygen atoms in total. The summed E-state index contributed by atoms with van der Waals surface area (Å²) in [6.07, 6.45) is 2.66. The lowest BCUT2D eigenvalue weighted by Crippen LogP contribution is -2.18. The highest BCUT2D eigenvalue weighted by Crippen LogP contribution is 2.19. The molecule has 2 N–H and O–H groups in total. The summed E-state index contributed by atoms with van der Waals surface area (Å²) in [5, 5.41) is 5.56. The number of esters is 1. The number of anilines is 1. The number of hydrogen-bond donors (Lipinski definition) is 2. The predicted octanol–water partition coefficient (Wildman–Crippen LogP) is 1.09. The van der Waals surface area contributed by atoms with Gasteiger partial charge >= 0.3 is 5.97 Å². The van der Waals surface area contributed by atoms with Gasteiger partial charge in [-0.2, -0.15) is 13.5 Å². The molecule has 9 heteroatoms. The van der Waals surface area contributed by atoms with E-state index in [4.69, 9.17) is 4.74 Å². The summed E-state index contributed by atoms with van der Waals surface area (Å²) in [5.74, 6) is -0.755. The lowest BCUT2D eigenvalue weighted by molar-refractivity contribution is 0.0522. The molecule has 0 amide bonds. The van der Waals surface area contributed by atoms with Crippen molar-refractivity contribution in [1.29, 1.82) is 0 Å². The number of aromatic amines is 1. The van der Waals surface area contributed by atoms with Crippen LogP contribution in [0.4, 0.5) is 5.69 Å². The number of nitrogens with zero attached hydrogens (tertiary/aromatic N) is 2. The maximum atomic E-state index is 12.3. The van der Waals surface area contributed by atoms with E-state index in [1.54, 1.807) is 32.2 Å². The Balaban J connectivity index is 2.35. The summed E-state index contributed by atoms with van der Waals surface area (Å²) in [5.41, 5.74) is 0.686. The molecule has 0 bridgehead atoms. The molecule has 0 atom stereocenters. The monoisotopic (exact) mass is 310 g/mol. The van der Waals surface area contributed by atoms with E-state index in [1.807, 2.05) is 0 Å². The van der Waals surface area contributed by atoms with Crippen molar-refractivity contribution in [2.24, 2.45) is 0 Å². The third-order valence-corrected chi connectivity index (χ3v) is 3.96. The molecule has 0 aliphatic carbocycles. The lowest BCUT2D eigenvalue weighted by atomic mass is 10.3. The van der Waals surface area contributed by atoms with Crippen LogP contribution < -0.4 is 4.72 Å². The molecule has 0 unspecified atom stereocenters. The van der Waals surface area contributed by atoms with Crippen molar-refractivity contribution in [1.82, 2.24) is 15.2 Å². The first-order chi connectivity index (χ1) is 9.95. The van der Waals surface area contributed by atoms with E-state index in [2.05, 4.69) is 19.9 Å². The van der Waals surface area contributed by atoms with Crippen molar-refractivity contribution in [3.05, 3.63) is 35.8 Å². The first kappa shape index (κ1) is 15.0. The van der Waals surface area contributed by atoms with E-state index in [0.29, 0.717) is 11.4 Å². The van der Waals surface area contributed by atoms with E-state index in [0.717, 1.165) is 6.20 Å². The third-order valence-electron chi connectivity index (χ3n) is 2.62. The van der Waals surface area contributed by atoms with Gasteiger partial charge in [0.1, 0.15) is 5.56 Å². The number of carbonyl (C=O) groups excluding carboxylic acids is 1. The molecule has 0 radical (unpaired) electrons. The number of H-pyrrole nitrogens is 1. The van der Waals surface area contributed by atoms with Crippen molar-refractivity contribution < 1.29 is 17.9 Å². The van der Waals surface area contributed by atoms with Crippen LogP contribution in [0.5, 0.6) is 0 Å². The minimum absolute atomic E-state index is 0.138. The molecule has 2 aromatic rings. The van der Waals surface area contributed by atoms with E-state index < -0.39 is 16.0 Å². The van der Waals surface area contributed by atoms with E-state index in [1.165, 1.54) is 0 Å². The van der Waals surface area contributed by atoms with Crippen molar-refractivity contribution in [3.8, 4) is 0 Å². The second-order valence-electron chi connectivity index (χ2n) is 4.08. The molecule has 0 aromatic carbocycles. The Kier molecular flexibility index (Phi) is 4.22. The van der Waals surface area contributed by atoms with E-state index in [-0.39, 0.29) is 17.2 Å². The van der Waals surface area contributed by atoms with Crippen LogP contribution in [0.15, 0.2) is 29.6 Å². The first-order valence-corrected chi connectivity index (χ1v) is 7.59. The van der Waals surface area contributed by atoms with Gasteiger partial charge in [0.05, 0.1) is 24.2 Å². The zero-order valence-electron chi connectivity index (χ0n) is 11.5. The van der Waals surface area contributed by atoms with Crippen LogP contribution in [0, 0.1) is 6.92 Å². The Bertz CT molecular complexity index is 754. The third kappa shape index (κ3) is 3.19. The zero-order valence-corrected chi connectivity index (χ0v) is 12.3. The number of carbonyl (C=O) groups is 1. The fourth-order valence-electron chi connectivity index (χ4n) is 1.62. The number of pyridine rings is 1. The molecule has 0 aliphatic heterocycles. The second kappa shape index (κ2) is 5.92. The largest absolute Gasteiger partial charge is 0.462 e. The molecule has 21 heavy (non-hydrogen) atoms. The normalized spacial score (nSPS) is 11.1. The van der Waals surface area contributed by atoms with Crippen molar-refractivity contribution in [3.63, 3.8) is 0 Å². The van der Waals surface area contributed by atoms with Gasteiger partial charge < -0.3 is 4.74 Å². The standard InChI is InChI=1S/C12H14N4O4S/c1-3-20-12(17)9-7-14-15-11(9)21(18,19)16-10-5-4-6-13-8(10)2/h4-7,16H,3H2,1-2H3,(H,14,15). The van der Waals surface area contributed by atoms with Gasteiger partial charge in [0.2, 0.25) is 0 Å². The predicted molar refractivity (Wildman–Crippen MR) is 74.3 cm³/mol. The quantitative estimate of drug-likeness (QED) is 0.799. The first-order valence-electron chi connectivity index (χ1n) is 6.10. The molecule has 0 fully saturated rings. The highest BCUT2D eigenvalue weighted by Gasteiger charge is 2.26. The summed E-state index contributed by atoms with van der Waals surface area (Å²) in [4.78, 5) is 15.7. The number of rotatable bonds is 5. The molecule has 112 valence electrons. The topological polar surface area (TPSA) is 114 Å². The molecular weight excluding hydrogens is 296 g/mol. The van der Waals surface area contributed by atoms with Crippen LogP contribution in [0.25, 0.3) is 0 Å². The molecule has 0 spiro atoms. The summed E-state index contributed by atoms with van der Waals surface area (Å²) in [7, 11) is -4.00. The molecule has 2 heterocycles. The maximum absolute atomic E-state index is 12.3. The lowest BCUT2D eigenvalue weighted by Gasteiger charge is -2.09. The highest BCUT2D eigenvalue weighted by molar-refractivity contribution is 7.92. The minimum atomic E-state index is -4.00. The van der Waals surface area contributed by atoms with Crippen molar-refractivity contribution in [2.75, 3.05) is 11.3 Å². The molecule has 0 saturated heterocycles. The van der Waals surface area contributed by atoms with Gasteiger partial charge in [0.15, 0.2) is 5.03 Å². The Labute approximate surface area is 121 Å². The fraction of sp³-hybridized carbons (Fsp3) is 0.250. The average Bonchev–Trinajstić information content (AvgIpc) is 2.92. The SMILES string of the molecule is CCOC(=O)c1cn[nH]c1S(=O)(=O)Nc1cccnc1C. The molecule has 2 aromatic heterocycles. The minimum Gasteiger partial charge on any atom is -0.462 e. The highest BCUT2D eigenvalue weighted by atomic mass is 32.2. The maximum Gasteiger partial charge on any atom is 0.342 e. The summed E-state index contributed by atoms with van der Waals surface area (Å²) in [6, 6.07) is 3.17. The molecule has 0 aliphatic rings. The Morgan fingerprint density at radius 3 is 2.90 bits per heavy atom. The fourth-order valence-corrected chi connectivity index (χ4v) is 2.83. The average molecular weight is 310 g/mol. The van der Waals surface area contributed by atoms with E-state index >= 15 is 0 Å². The van der Waals surface area contributed by atoms with Gasteiger partial charge in [0.25, 0.3) is 10.0 Å². The zero-order chi connectivity index (χ0) is 15.5. The smallest absolute Gasteiger partial charge is 0.342 e. The van der Waals surface area contributed by atoms with Gasteiger partial charge in [0, 0.05) is 6.20 Å². The van der Waals surface area contributed by atoms with Crippen molar-refractivity contribution in [2.45, 2.75) is 18.9 Å². The summed E-state index contributed by atoms with van der Waals surface area (Å²) >= 11 is 0. The van der Waals surface area contributed by atoms with Crippen LogP contribution in [-0.2, 0) is 14.8 Å². The number of hydrogen-bond acceptors (Lipinski definition) is 6. The van der Waals surface area contributed by atoms with Crippen LogP contribution in [0.3, 0.4) is 0 Å². The Hall–Kier alpha value is -2.42. The van der Waals surface area contributed by atoms with Gasteiger partial charge in [-0.25, -0.2) is 4.79 Å². The Morgan fingerprint density at radius 1 is 1.48 bits per heavy atom. The number of sulfonamides is 1. The van der Waals surface area contributed by atoms with E-state index in [9.17, 15) is 13.2 Å². The second-order valence-corrected chi connectivity index (χ2v) is 5.69. The Morgan fingerprint density at radius 2 is 2.24 bits per heavy atom. The number of aromatic nitrogens is 3. The number of nitrogens with one attached hydrogen (secondary N) is 2.